The molecule has 0 radical (unpaired) electrons. The number of nitrogens with one attached hydrogen (secondary N) is 1. The van der Waals surface area contributed by atoms with Gasteiger partial charge >= 0.3 is 6.03 Å². The summed E-state index contributed by atoms with van der Waals surface area (Å²) >= 11 is 0. The zero-order valence-corrected chi connectivity index (χ0v) is 19.5. The zero-order chi connectivity index (χ0) is 22.6. The third-order valence-electron chi connectivity index (χ3n) is 6.29. The highest BCUT2D eigenvalue weighted by Crippen LogP contribution is 2.28. The van der Waals surface area contributed by atoms with E-state index in [9.17, 15) is 18.0 Å². The average Bonchev–Trinajstić information content (AvgIpc) is 2.78. The van der Waals surface area contributed by atoms with Gasteiger partial charge in [-0.2, -0.15) is 4.31 Å². The number of piperidine rings is 2. The average molecular weight is 451 g/mol. The molecule has 2 aliphatic heterocycles. The van der Waals surface area contributed by atoms with Crippen molar-refractivity contribution in [3.63, 3.8) is 0 Å². The van der Waals surface area contributed by atoms with Gasteiger partial charge in [0.05, 0.1) is 4.90 Å². The summed E-state index contributed by atoms with van der Waals surface area (Å²) in [6.45, 7) is 3.70. The second-order valence-electron chi connectivity index (χ2n) is 8.63. The Labute approximate surface area is 185 Å². The molecule has 1 aromatic rings. The lowest BCUT2D eigenvalue weighted by molar-refractivity contribution is -0.121. The lowest BCUT2D eigenvalue weighted by atomic mass is 9.96. The van der Waals surface area contributed by atoms with Crippen molar-refractivity contribution in [3.05, 3.63) is 24.3 Å². The van der Waals surface area contributed by atoms with E-state index in [1.807, 2.05) is 6.92 Å². The summed E-state index contributed by atoms with van der Waals surface area (Å²) in [5, 5.41) is 2.90. The van der Waals surface area contributed by atoms with E-state index in [0.29, 0.717) is 38.2 Å². The van der Waals surface area contributed by atoms with E-state index in [1.165, 1.54) is 0 Å². The topological polar surface area (TPSA) is 90.0 Å². The SMILES string of the molecule is CC[C@H]1CCCCN1S(=O)(=O)c1ccc(NC(=O)C2CCN(C(=O)N(C)C)CC2)cc1. The number of carbonyl (C=O) groups is 2. The van der Waals surface area contributed by atoms with Crippen LogP contribution in [0.15, 0.2) is 29.2 Å². The van der Waals surface area contributed by atoms with Gasteiger partial charge in [-0.3, -0.25) is 4.79 Å². The smallest absolute Gasteiger partial charge is 0.319 e. The number of anilines is 1. The van der Waals surface area contributed by atoms with Gasteiger partial charge in [0.25, 0.3) is 0 Å². The maximum absolute atomic E-state index is 13.1. The zero-order valence-electron chi connectivity index (χ0n) is 18.7. The van der Waals surface area contributed by atoms with Gasteiger partial charge in [-0.1, -0.05) is 13.3 Å². The predicted octanol–water partition coefficient (Wildman–Crippen LogP) is 2.97. The number of hydrogen-bond donors (Lipinski definition) is 1. The normalized spacial score (nSPS) is 21.0. The Morgan fingerprint density at radius 3 is 2.26 bits per heavy atom. The molecule has 3 amide bonds. The standard InChI is InChI=1S/C22H34N4O4S/c1-4-19-7-5-6-14-26(19)31(29,30)20-10-8-18(9-11-20)23-21(27)17-12-15-25(16-13-17)22(28)24(2)3/h8-11,17,19H,4-7,12-16H2,1-3H3,(H,23,27)/t19-/m0/s1. The highest BCUT2D eigenvalue weighted by molar-refractivity contribution is 7.89. The molecular formula is C22H34N4O4S. The van der Waals surface area contributed by atoms with Crippen molar-refractivity contribution < 1.29 is 18.0 Å². The van der Waals surface area contributed by atoms with Crippen LogP contribution in [-0.4, -0.2) is 74.2 Å². The first kappa shape index (κ1) is 23.5. The summed E-state index contributed by atoms with van der Waals surface area (Å²) in [5.74, 6) is -0.247. The molecule has 0 saturated carbocycles. The van der Waals surface area contributed by atoms with Crippen LogP contribution in [0.5, 0.6) is 0 Å². The molecule has 2 saturated heterocycles. The van der Waals surface area contributed by atoms with Crippen LogP contribution in [0.1, 0.15) is 45.4 Å². The Balaban J connectivity index is 1.59. The van der Waals surface area contributed by atoms with Crippen molar-refractivity contribution in [2.24, 2.45) is 5.92 Å². The Morgan fingerprint density at radius 2 is 1.68 bits per heavy atom. The van der Waals surface area contributed by atoms with Gasteiger partial charge < -0.3 is 15.1 Å². The third kappa shape index (κ3) is 5.38. The van der Waals surface area contributed by atoms with Crippen LogP contribution >= 0.6 is 0 Å². The Kier molecular flexibility index (Phi) is 7.59. The quantitative estimate of drug-likeness (QED) is 0.747. The molecule has 2 heterocycles. The number of sulfonamides is 1. The van der Waals surface area contributed by atoms with Gasteiger partial charge in [0.15, 0.2) is 0 Å². The van der Waals surface area contributed by atoms with Gasteiger partial charge in [-0.25, -0.2) is 13.2 Å². The molecule has 31 heavy (non-hydrogen) atoms. The van der Waals surface area contributed by atoms with Crippen LogP contribution in [0.2, 0.25) is 0 Å². The first-order valence-corrected chi connectivity index (χ1v) is 12.6. The number of amides is 3. The van der Waals surface area contributed by atoms with Crippen molar-refractivity contribution in [1.82, 2.24) is 14.1 Å². The van der Waals surface area contributed by atoms with Gasteiger partial charge in [-0.15, -0.1) is 0 Å². The van der Waals surface area contributed by atoms with E-state index in [1.54, 1.807) is 52.5 Å². The molecule has 2 fully saturated rings. The summed E-state index contributed by atoms with van der Waals surface area (Å²) in [5.41, 5.74) is 0.585. The fraction of sp³-hybridized carbons (Fsp3) is 0.636. The molecule has 8 nitrogen and oxygen atoms in total. The van der Waals surface area contributed by atoms with E-state index in [2.05, 4.69) is 5.32 Å². The van der Waals surface area contributed by atoms with E-state index in [0.717, 1.165) is 25.7 Å². The second kappa shape index (κ2) is 9.99. The maximum Gasteiger partial charge on any atom is 0.319 e. The predicted molar refractivity (Wildman–Crippen MR) is 120 cm³/mol. The van der Waals surface area contributed by atoms with Crippen molar-refractivity contribution in [3.8, 4) is 0 Å². The first-order valence-electron chi connectivity index (χ1n) is 11.1. The minimum absolute atomic E-state index is 0.0327. The lowest BCUT2D eigenvalue weighted by Crippen LogP contribution is -2.45. The highest BCUT2D eigenvalue weighted by atomic mass is 32.2. The molecular weight excluding hydrogens is 416 g/mol. The maximum atomic E-state index is 13.1. The molecule has 0 spiro atoms. The van der Waals surface area contributed by atoms with E-state index < -0.39 is 10.0 Å². The molecule has 0 aliphatic carbocycles. The fourth-order valence-electron chi connectivity index (χ4n) is 4.40. The molecule has 0 unspecified atom stereocenters. The van der Waals surface area contributed by atoms with Gasteiger partial charge in [0, 0.05) is 51.4 Å². The minimum atomic E-state index is -3.53. The largest absolute Gasteiger partial charge is 0.331 e. The summed E-state index contributed by atoms with van der Waals surface area (Å²) < 4.78 is 27.8. The first-order chi connectivity index (χ1) is 14.7. The fourth-order valence-corrected chi connectivity index (χ4v) is 6.17. The number of rotatable bonds is 5. The Bertz CT molecular complexity index is 877. The van der Waals surface area contributed by atoms with E-state index in [4.69, 9.17) is 0 Å². The number of nitrogens with zero attached hydrogens (tertiary/aromatic N) is 3. The van der Waals surface area contributed by atoms with E-state index >= 15 is 0 Å². The minimum Gasteiger partial charge on any atom is -0.331 e. The van der Waals surface area contributed by atoms with Crippen molar-refractivity contribution in [1.29, 1.82) is 0 Å². The molecule has 0 bridgehead atoms. The molecule has 1 aromatic carbocycles. The van der Waals surface area contributed by atoms with Crippen LogP contribution in [-0.2, 0) is 14.8 Å². The van der Waals surface area contributed by atoms with Crippen molar-refractivity contribution in [2.75, 3.05) is 39.0 Å². The molecule has 1 atom stereocenters. The highest BCUT2D eigenvalue weighted by Gasteiger charge is 2.32. The molecule has 2 aliphatic rings. The number of carbonyl (C=O) groups excluding carboxylic acids is 2. The third-order valence-corrected chi connectivity index (χ3v) is 8.26. The molecule has 9 heteroatoms. The van der Waals surface area contributed by atoms with Gasteiger partial charge in [0.1, 0.15) is 0 Å². The van der Waals surface area contributed by atoms with Crippen LogP contribution in [0, 0.1) is 5.92 Å². The Hall–Kier alpha value is -2.13. The molecule has 0 aromatic heterocycles. The van der Waals surface area contributed by atoms with Crippen LogP contribution < -0.4 is 5.32 Å². The number of benzene rings is 1. The Morgan fingerprint density at radius 1 is 1.03 bits per heavy atom. The summed E-state index contributed by atoms with van der Waals surface area (Å²) in [4.78, 5) is 28.2. The summed E-state index contributed by atoms with van der Waals surface area (Å²) in [6.07, 6.45) is 4.91. The number of hydrogen-bond acceptors (Lipinski definition) is 4. The monoisotopic (exact) mass is 450 g/mol. The van der Waals surface area contributed by atoms with Crippen LogP contribution in [0.4, 0.5) is 10.5 Å². The molecule has 3 rings (SSSR count). The number of likely N-dealkylation sites (tertiary alicyclic amines) is 1. The van der Waals surface area contributed by atoms with Crippen LogP contribution in [0.25, 0.3) is 0 Å². The van der Waals surface area contributed by atoms with Gasteiger partial charge in [0.2, 0.25) is 15.9 Å². The molecule has 1 N–H and O–H groups in total. The van der Waals surface area contributed by atoms with Crippen molar-refractivity contribution in [2.45, 2.75) is 56.4 Å². The summed E-state index contributed by atoms with van der Waals surface area (Å²) in [6, 6.07) is 6.48. The second-order valence-corrected chi connectivity index (χ2v) is 10.5. The van der Waals surface area contributed by atoms with Crippen molar-refractivity contribution >= 4 is 27.6 Å². The lowest BCUT2D eigenvalue weighted by Gasteiger charge is -2.34. The van der Waals surface area contributed by atoms with Crippen LogP contribution in [0.3, 0.4) is 0 Å². The van der Waals surface area contributed by atoms with E-state index in [-0.39, 0.29) is 28.8 Å². The number of urea groups is 1. The molecule has 172 valence electrons. The summed E-state index contributed by atoms with van der Waals surface area (Å²) in [7, 11) is -0.0894. The van der Waals surface area contributed by atoms with Gasteiger partial charge in [-0.05, 0) is 56.4 Å².